The lowest BCUT2D eigenvalue weighted by Gasteiger charge is -2.43. The first-order valence-corrected chi connectivity index (χ1v) is 23.4. The third-order valence-corrected chi connectivity index (χ3v) is 15.8. The first-order chi connectivity index (χ1) is 30.6. The molecule has 4 heteroatoms. The number of rotatable bonds is 3. The van der Waals surface area contributed by atoms with Crippen molar-refractivity contribution < 1.29 is 0 Å². The highest BCUT2D eigenvalue weighted by molar-refractivity contribution is 7.33. The average molecular weight is 827 g/mol. The zero-order valence-corrected chi connectivity index (χ0v) is 37.4. The van der Waals surface area contributed by atoms with Crippen molar-refractivity contribution in [3.8, 4) is 22.3 Å². The van der Waals surface area contributed by atoms with Crippen molar-refractivity contribution in [1.82, 2.24) is 0 Å². The second-order valence-electron chi connectivity index (χ2n) is 19.5. The molecule has 0 radical (unpaired) electrons. The molecule has 0 bridgehead atoms. The van der Waals surface area contributed by atoms with Gasteiger partial charge in [0, 0.05) is 43.3 Å². The van der Waals surface area contributed by atoms with E-state index in [1.54, 1.807) is 0 Å². The van der Waals surface area contributed by atoms with Crippen LogP contribution in [0.1, 0.15) is 79.5 Å². The summed E-state index contributed by atoms with van der Waals surface area (Å²) in [7, 11) is 0. The molecule has 3 heterocycles. The molecular formula is C59H47BN2S. The minimum atomic E-state index is -0.408. The minimum Gasteiger partial charge on any atom is -0.311 e. The summed E-state index contributed by atoms with van der Waals surface area (Å²) in [5, 5.41) is 1.32. The Labute approximate surface area is 375 Å². The van der Waals surface area contributed by atoms with Crippen LogP contribution in [0.25, 0.3) is 32.3 Å². The summed E-state index contributed by atoms with van der Waals surface area (Å²) in [5.41, 5.74) is 24.8. The zero-order valence-electron chi connectivity index (χ0n) is 36.6. The molecule has 0 unspecified atom stereocenters. The number of anilines is 6. The first-order valence-electron chi connectivity index (χ1n) is 22.6. The SMILES string of the molecule is Cc1cc2c3c(c1)N(c1ccccc1)c1c(sc4cc5c(cc14)-c1ccc(C(C)C)cc1C51c4ccccc4-c4ccccc41)B3c1ccccc1N2c1ccc(C(C)(C)C)cc1. The van der Waals surface area contributed by atoms with Gasteiger partial charge in [-0.1, -0.05) is 150 Å². The maximum Gasteiger partial charge on any atom is 0.264 e. The van der Waals surface area contributed by atoms with Crippen LogP contribution in [0.5, 0.6) is 0 Å². The van der Waals surface area contributed by atoms with Crippen molar-refractivity contribution in [2.75, 3.05) is 9.80 Å². The Hall–Kier alpha value is -6.62. The average Bonchev–Trinajstić information content (AvgIpc) is 3.91. The van der Waals surface area contributed by atoms with Crippen LogP contribution in [0.15, 0.2) is 170 Å². The Kier molecular flexibility index (Phi) is 7.61. The van der Waals surface area contributed by atoms with Crippen LogP contribution in [-0.4, -0.2) is 6.71 Å². The van der Waals surface area contributed by atoms with Crippen LogP contribution < -0.4 is 25.5 Å². The van der Waals surface area contributed by atoms with Gasteiger partial charge in [-0.25, -0.2) is 0 Å². The number of benzene rings is 8. The van der Waals surface area contributed by atoms with Crippen LogP contribution in [0.2, 0.25) is 0 Å². The lowest BCUT2D eigenvalue weighted by Crippen LogP contribution is -2.60. The number of hydrogen-bond acceptors (Lipinski definition) is 3. The van der Waals surface area contributed by atoms with Crippen molar-refractivity contribution in [1.29, 1.82) is 0 Å². The van der Waals surface area contributed by atoms with Crippen LogP contribution in [0, 0.1) is 6.92 Å². The number of hydrogen-bond donors (Lipinski definition) is 0. The van der Waals surface area contributed by atoms with Gasteiger partial charge in [0.25, 0.3) is 6.71 Å². The topological polar surface area (TPSA) is 6.48 Å². The van der Waals surface area contributed by atoms with Gasteiger partial charge in [0.05, 0.1) is 11.1 Å². The second-order valence-corrected chi connectivity index (χ2v) is 20.6. The molecule has 4 aliphatic rings. The first kappa shape index (κ1) is 37.0. The molecule has 1 aromatic heterocycles. The lowest BCUT2D eigenvalue weighted by atomic mass is 9.36. The molecule has 302 valence electrons. The molecule has 2 aliphatic heterocycles. The summed E-state index contributed by atoms with van der Waals surface area (Å²) < 4.78 is 2.74. The molecule has 0 saturated heterocycles. The van der Waals surface area contributed by atoms with Gasteiger partial charge in [0.15, 0.2) is 0 Å². The molecule has 63 heavy (non-hydrogen) atoms. The monoisotopic (exact) mass is 826 g/mol. The quantitative estimate of drug-likeness (QED) is 0.164. The van der Waals surface area contributed by atoms with Gasteiger partial charge < -0.3 is 9.80 Å². The van der Waals surface area contributed by atoms with Gasteiger partial charge in [0.1, 0.15) is 0 Å². The van der Waals surface area contributed by atoms with E-state index in [2.05, 4.69) is 221 Å². The van der Waals surface area contributed by atoms with Gasteiger partial charge in [-0.2, -0.15) is 0 Å². The predicted molar refractivity (Wildman–Crippen MR) is 270 cm³/mol. The van der Waals surface area contributed by atoms with Crippen molar-refractivity contribution in [3.05, 3.63) is 209 Å². The largest absolute Gasteiger partial charge is 0.311 e. The van der Waals surface area contributed by atoms with Crippen molar-refractivity contribution >= 4 is 78.0 Å². The van der Waals surface area contributed by atoms with Gasteiger partial charge in [-0.05, 0) is 145 Å². The van der Waals surface area contributed by atoms with Crippen LogP contribution in [-0.2, 0) is 10.8 Å². The van der Waals surface area contributed by atoms with Gasteiger partial charge in [-0.15, -0.1) is 11.3 Å². The molecule has 0 fully saturated rings. The van der Waals surface area contributed by atoms with Gasteiger partial charge >= 0.3 is 0 Å². The number of nitrogens with zero attached hydrogens (tertiary/aromatic N) is 2. The Morgan fingerprint density at radius 3 is 1.84 bits per heavy atom. The van der Waals surface area contributed by atoms with E-state index < -0.39 is 5.41 Å². The zero-order chi connectivity index (χ0) is 42.5. The van der Waals surface area contributed by atoms with E-state index in [1.165, 1.54) is 121 Å². The number of para-hydroxylation sites is 2. The van der Waals surface area contributed by atoms with Crippen LogP contribution >= 0.6 is 11.3 Å². The summed E-state index contributed by atoms with van der Waals surface area (Å²) in [5.74, 6) is 0.420. The Morgan fingerprint density at radius 2 is 1.14 bits per heavy atom. The third-order valence-electron chi connectivity index (χ3n) is 14.6. The standard InChI is InChI=1S/C59H47BN2S/c1-35(2)37-24-29-43-44-33-45-54(34-49(44)59(48(43)32-37)46-20-12-10-18-41(46)42-19-11-13-21-47(42)59)63-57-56(45)62(39-16-8-7-9-17-39)53-31-36(3)30-52-55(53)60(57)50-22-14-15-23-51(50)61(52)40-27-25-38(26-28-40)58(4,5)6/h7-35H,1-6H3. The maximum absolute atomic E-state index is 2.61. The fourth-order valence-corrected chi connectivity index (χ4v) is 13.1. The normalized spacial score (nSPS) is 14.7. The molecule has 0 amide bonds. The van der Waals surface area contributed by atoms with E-state index in [9.17, 15) is 0 Å². The van der Waals surface area contributed by atoms with E-state index in [-0.39, 0.29) is 12.1 Å². The van der Waals surface area contributed by atoms with Crippen molar-refractivity contribution in [2.24, 2.45) is 0 Å². The molecule has 0 saturated carbocycles. The van der Waals surface area contributed by atoms with E-state index in [0.29, 0.717) is 5.92 Å². The fourth-order valence-electron chi connectivity index (χ4n) is 11.8. The van der Waals surface area contributed by atoms with Crippen LogP contribution in [0.3, 0.4) is 0 Å². The smallest absolute Gasteiger partial charge is 0.264 e. The van der Waals surface area contributed by atoms with E-state index in [1.807, 2.05) is 11.3 Å². The highest BCUT2D eigenvalue weighted by Gasteiger charge is 2.53. The maximum atomic E-state index is 2.61. The molecule has 2 nitrogen and oxygen atoms in total. The minimum absolute atomic E-state index is 0.0712. The lowest BCUT2D eigenvalue weighted by molar-refractivity contribution is 0.590. The molecule has 2 aliphatic carbocycles. The van der Waals surface area contributed by atoms with E-state index in [0.717, 1.165) is 0 Å². The molecule has 8 aromatic carbocycles. The van der Waals surface area contributed by atoms with Gasteiger partial charge in [0.2, 0.25) is 0 Å². The molecule has 0 N–H and O–H groups in total. The summed E-state index contributed by atoms with van der Waals surface area (Å²) in [4.78, 5) is 5.13. The number of thiophene rings is 1. The predicted octanol–water partition coefficient (Wildman–Crippen LogP) is 14.1. The van der Waals surface area contributed by atoms with Crippen molar-refractivity contribution in [2.45, 2.75) is 58.3 Å². The highest BCUT2D eigenvalue weighted by atomic mass is 32.1. The van der Waals surface area contributed by atoms with Gasteiger partial charge in [-0.3, -0.25) is 0 Å². The number of fused-ring (bicyclic) bond motifs is 16. The van der Waals surface area contributed by atoms with E-state index in [4.69, 9.17) is 0 Å². The Bertz CT molecular complexity index is 3340. The van der Waals surface area contributed by atoms with Crippen LogP contribution in [0.4, 0.5) is 34.1 Å². The second kappa shape index (κ2) is 13.0. The molecule has 13 rings (SSSR count). The Balaban J connectivity index is 1.12. The molecule has 0 atom stereocenters. The fraction of sp³-hybridized carbons (Fsp3) is 0.153. The summed E-state index contributed by atoms with van der Waals surface area (Å²) in [6.07, 6.45) is 0. The highest BCUT2D eigenvalue weighted by Crippen LogP contribution is 2.64. The van der Waals surface area contributed by atoms with Crippen molar-refractivity contribution in [3.63, 3.8) is 0 Å². The molecule has 1 spiro atoms. The third kappa shape index (κ3) is 4.91. The summed E-state index contributed by atoms with van der Waals surface area (Å²) in [6.45, 7) is 13.9. The molecular weight excluding hydrogens is 780 g/mol. The summed E-state index contributed by atoms with van der Waals surface area (Å²) >= 11 is 2.00. The summed E-state index contributed by atoms with van der Waals surface area (Å²) in [6, 6.07) is 65.4. The number of aryl methyl sites for hydroxylation is 1. The Morgan fingerprint density at radius 1 is 0.540 bits per heavy atom. The molecule has 9 aromatic rings. The van der Waals surface area contributed by atoms with E-state index >= 15 is 0 Å².